The summed E-state index contributed by atoms with van der Waals surface area (Å²) in [5, 5.41) is 12.2. The molecule has 1 atom stereocenters. The molecule has 1 N–H and O–H groups in total. The highest BCUT2D eigenvalue weighted by Crippen LogP contribution is 2.36. The van der Waals surface area contributed by atoms with Gasteiger partial charge in [0.05, 0.1) is 18.2 Å². The second-order valence-electron chi connectivity index (χ2n) is 7.78. The molecule has 0 aliphatic heterocycles. The van der Waals surface area contributed by atoms with E-state index in [1.54, 1.807) is 17.2 Å². The molecule has 5 heteroatoms. The number of nitrogens with zero attached hydrogens (tertiary/aromatic N) is 3. The number of nitriles is 1. The number of terminal acetylenes is 1. The van der Waals surface area contributed by atoms with Crippen LogP contribution in [-0.2, 0) is 12.0 Å². The van der Waals surface area contributed by atoms with Crippen LogP contribution in [0.4, 0.5) is 10.6 Å². The first-order chi connectivity index (χ1) is 12.8. The van der Waals surface area contributed by atoms with Gasteiger partial charge in [-0.1, -0.05) is 30.2 Å². The second-order valence-corrected chi connectivity index (χ2v) is 7.78. The summed E-state index contributed by atoms with van der Waals surface area (Å²) < 4.78 is 1.90. The van der Waals surface area contributed by atoms with E-state index in [1.807, 2.05) is 37.5 Å². The van der Waals surface area contributed by atoms with E-state index >= 15 is 0 Å². The van der Waals surface area contributed by atoms with Crippen molar-refractivity contribution in [3.8, 4) is 18.4 Å². The number of hydrogen-bond acceptors (Lipinski definition) is 2. The highest BCUT2D eigenvalue weighted by molar-refractivity contribution is 5.89. The zero-order valence-corrected chi connectivity index (χ0v) is 16.0. The van der Waals surface area contributed by atoms with Crippen molar-refractivity contribution >= 4 is 11.8 Å². The van der Waals surface area contributed by atoms with E-state index in [1.165, 1.54) is 5.56 Å². The number of aryl methyl sites for hydroxylation is 1. The summed E-state index contributed by atoms with van der Waals surface area (Å²) in [5.41, 5.74) is 2.66. The number of benzene rings is 1. The Hall–Kier alpha value is -3.18. The maximum Gasteiger partial charge on any atom is 0.324 e. The zero-order valence-electron chi connectivity index (χ0n) is 16.0. The van der Waals surface area contributed by atoms with Crippen molar-refractivity contribution in [2.45, 2.75) is 45.2 Å². The SMILES string of the molecule is C#CCN(C(=O)Nc1cc(C#N)cn1C(C)(C)C)[C@@H]1CCc2ccccc21. The molecule has 3 rings (SSSR count). The van der Waals surface area contributed by atoms with Gasteiger partial charge in [-0.25, -0.2) is 4.79 Å². The number of anilines is 1. The monoisotopic (exact) mass is 360 g/mol. The molecule has 2 amide bonds. The molecule has 0 saturated carbocycles. The van der Waals surface area contributed by atoms with Crippen molar-refractivity contribution in [2.75, 3.05) is 11.9 Å². The molecule has 0 bridgehead atoms. The van der Waals surface area contributed by atoms with Crippen molar-refractivity contribution in [2.24, 2.45) is 0 Å². The molecule has 2 aromatic rings. The molecule has 1 heterocycles. The lowest BCUT2D eigenvalue weighted by Gasteiger charge is -2.30. The summed E-state index contributed by atoms with van der Waals surface area (Å²) in [6.45, 7) is 6.30. The van der Waals surface area contributed by atoms with E-state index in [2.05, 4.69) is 29.4 Å². The Morgan fingerprint density at radius 2 is 2.15 bits per heavy atom. The molecular weight excluding hydrogens is 336 g/mol. The summed E-state index contributed by atoms with van der Waals surface area (Å²) in [7, 11) is 0. The number of aromatic nitrogens is 1. The number of carbonyl (C=O) groups excluding carboxylic acids is 1. The van der Waals surface area contributed by atoms with Crippen molar-refractivity contribution in [3.63, 3.8) is 0 Å². The third kappa shape index (κ3) is 3.68. The Bertz CT molecular complexity index is 936. The number of carbonyl (C=O) groups is 1. The minimum atomic E-state index is -0.269. The summed E-state index contributed by atoms with van der Waals surface area (Å²) in [5.74, 6) is 3.20. The largest absolute Gasteiger partial charge is 0.328 e. The van der Waals surface area contributed by atoms with Crippen molar-refractivity contribution in [1.82, 2.24) is 9.47 Å². The van der Waals surface area contributed by atoms with Gasteiger partial charge in [-0.05, 0) is 50.8 Å². The van der Waals surface area contributed by atoms with Crippen LogP contribution in [-0.4, -0.2) is 22.0 Å². The predicted octanol–water partition coefficient (Wildman–Crippen LogP) is 4.27. The quantitative estimate of drug-likeness (QED) is 0.831. The normalized spacial score (nSPS) is 15.5. The highest BCUT2D eigenvalue weighted by Gasteiger charge is 2.31. The third-order valence-electron chi connectivity index (χ3n) is 4.91. The molecule has 1 aromatic heterocycles. The van der Waals surface area contributed by atoms with Crippen molar-refractivity contribution < 1.29 is 4.79 Å². The van der Waals surface area contributed by atoms with Crippen molar-refractivity contribution in [1.29, 1.82) is 5.26 Å². The first-order valence-corrected chi connectivity index (χ1v) is 9.07. The van der Waals surface area contributed by atoms with E-state index in [4.69, 9.17) is 6.42 Å². The molecule has 0 unspecified atom stereocenters. The summed E-state index contributed by atoms with van der Waals surface area (Å²) in [6, 6.07) is 11.7. The van der Waals surface area contributed by atoms with E-state index in [0.29, 0.717) is 11.4 Å². The van der Waals surface area contributed by atoms with Crippen LogP contribution in [0, 0.1) is 23.7 Å². The number of rotatable bonds is 3. The van der Waals surface area contributed by atoms with Crippen LogP contribution in [0.1, 0.15) is 49.9 Å². The smallest absolute Gasteiger partial charge is 0.324 e. The summed E-state index contributed by atoms with van der Waals surface area (Å²) in [6.07, 6.45) is 9.10. The first kappa shape index (κ1) is 18.6. The van der Waals surface area contributed by atoms with Gasteiger partial charge in [0.15, 0.2) is 0 Å². The number of amides is 2. The van der Waals surface area contributed by atoms with Gasteiger partial charge in [-0.2, -0.15) is 5.26 Å². The van der Waals surface area contributed by atoms with E-state index in [9.17, 15) is 10.1 Å². The Morgan fingerprint density at radius 1 is 1.41 bits per heavy atom. The number of hydrogen-bond donors (Lipinski definition) is 1. The Morgan fingerprint density at radius 3 is 2.81 bits per heavy atom. The zero-order chi connectivity index (χ0) is 19.6. The van der Waals surface area contributed by atoms with Crippen LogP contribution in [0.3, 0.4) is 0 Å². The maximum absolute atomic E-state index is 13.1. The van der Waals surface area contributed by atoms with Gasteiger partial charge in [-0.3, -0.25) is 5.32 Å². The van der Waals surface area contributed by atoms with Crippen LogP contribution >= 0.6 is 0 Å². The van der Waals surface area contributed by atoms with Gasteiger partial charge in [-0.15, -0.1) is 6.42 Å². The number of fused-ring (bicyclic) bond motifs is 1. The second kappa shape index (κ2) is 7.21. The fourth-order valence-corrected chi connectivity index (χ4v) is 3.64. The number of urea groups is 1. The van der Waals surface area contributed by atoms with E-state index in [0.717, 1.165) is 18.4 Å². The molecule has 1 aliphatic carbocycles. The number of nitrogens with one attached hydrogen (secondary N) is 1. The lowest BCUT2D eigenvalue weighted by atomic mass is 10.1. The standard InChI is InChI=1S/C22H24N4O/c1-5-12-25(19-11-10-17-8-6-7-9-18(17)19)21(27)24-20-13-16(14-23)15-26(20)22(2,3)4/h1,6-9,13,15,19H,10-12H2,2-4H3,(H,24,27)/t19-/m1/s1. The molecule has 1 aromatic carbocycles. The molecule has 0 saturated heterocycles. The predicted molar refractivity (Wildman–Crippen MR) is 106 cm³/mol. The van der Waals surface area contributed by atoms with Crippen LogP contribution in [0.5, 0.6) is 0 Å². The molecule has 1 aliphatic rings. The molecule has 138 valence electrons. The average molecular weight is 360 g/mol. The molecule has 27 heavy (non-hydrogen) atoms. The fourth-order valence-electron chi connectivity index (χ4n) is 3.64. The van der Waals surface area contributed by atoms with Gasteiger partial charge in [0.2, 0.25) is 0 Å². The topological polar surface area (TPSA) is 61.1 Å². The molecule has 0 spiro atoms. The maximum atomic E-state index is 13.1. The van der Waals surface area contributed by atoms with Crippen molar-refractivity contribution in [3.05, 3.63) is 53.2 Å². The lowest BCUT2D eigenvalue weighted by Crippen LogP contribution is -2.38. The highest BCUT2D eigenvalue weighted by atomic mass is 16.2. The third-order valence-corrected chi connectivity index (χ3v) is 4.91. The van der Waals surface area contributed by atoms with Gasteiger partial charge >= 0.3 is 6.03 Å². The molecule has 0 radical (unpaired) electrons. The Kier molecular flexibility index (Phi) is 4.97. The van der Waals surface area contributed by atoms with E-state index in [-0.39, 0.29) is 24.2 Å². The first-order valence-electron chi connectivity index (χ1n) is 9.07. The van der Waals surface area contributed by atoms with Crippen LogP contribution in [0.2, 0.25) is 0 Å². The summed E-state index contributed by atoms with van der Waals surface area (Å²) >= 11 is 0. The van der Waals surface area contributed by atoms with Gasteiger partial charge in [0, 0.05) is 11.7 Å². The van der Waals surface area contributed by atoms with Gasteiger partial charge < -0.3 is 9.47 Å². The Labute approximate surface area is 160 Å². The Balaban J connectivity index is 1.89. The lowest BCUT2D eigenvalue weighted by molar-refractivity contribution is 0.196. The minimum absolute atomic E-state index is 0.0364. The van der Waals surface area contributed by atoms with E-state index < -0.39 is 0 Å². The van der Waals surface area contributed by atoms with Gasteiger partial charge in [0.25, 0.3) is 0 Å². The van der Waals surface area contributed by atoms with Gasteiger partial charge in [0.1, 0.15) is 11.9 Å². The molecule has 5 nitrogen and oxygen atoms in total. The fraction of sp³-hybridized carbons (Fsp3) is 0.364. The molecular formula is C22H24N4O. The summed E-state index contributed by atoms with van der Waals surface area (Å²) in [4.78, 5) is 14.8. The average Bonchev–Trinajstić information content (AvgIpc) is 3.23. The van der Waals surface area contributed by atoms with Crippen LogP contribution in [0.15, 0.2) is 36.5 Å². The molecule has 0 fully saturated rings. The van der Waals surface area contributed by atoms with Crippen LogP contribution < -0.4 is 5.32 Å². The van der Waals surface area contributed by atoms with Crippen LogP contribution in [0.25, 0.3) is 0 Å². The minimum Gasteiger partial charge on any atom is -0.328 e.